The number of halogens is 3. The predicted octanol–water partition coefficient (Wildman–Crippen LogP) is 4.85. The number of ketones is 1. The average molecular weight is 330 g/mol. The summed E-state index contributed by atoms with van der Waals surface area (Å²) in [4.78, 5) is 12.2. The van der Waals surface area contributed by atoms with Gasteiger partial charge in [0, 0.05) is 29.6 Å². The van der Waals surface area contributed by atoms with Crippen LogP contribution in [0.5, 0.6) is 0 Å². The Kier molecular flexibility index (Phi) is 5.21. The molecule has 0 amide bonds. The van der Waals surface area contributed by atoms with Gasteiger partial charge in [0.25, 0.3) is 0 Å². The molecular weight excluding hydrogens is 313 g/mol. The molecule has 1 aliphatic carbocycles. The van der Waals surface area contributed by atoms with Gasteiger partial charge in [-0.2, -0.15) is 13.2 Å². The maximum Gasteiger partial charge on any atom is 0.416 e. The monoisotopic (exact) mass is 330 g/mol. The third-order valence-corrected chi connectivity index (χ3v) is 5.06. The second-order valence-corrected chi connectivity index (χ2v) is 6.67. The molecule has 0 saturated carbocycles. The maximum absolute atomic E-state index is 12.5. The van der Waals surface area contributed by atoms with Gasteiger partial charge in [-0.15, -0.1) is 11.8 Å². The topological polar surface area (TPSA) is 37.3 Å². The Bertz CT molecular complexity index is 564. The molecule has 2 nitrogen and oxygen atoms in total. The molecule has 0 saturated heterocycles. The van der Waals surface area contributed by atoms with Crippen LogP contribution in [0.4, 0.5) is 13.2 Å². The van der Waals surface area contributed by atoms with E-state index in [0.29, 0.717) is 18.6 Å². The zero-order chi connectivity index (χ0) is 16.3. The first kappa shape index (κ1) is 16.9. The van der Waals surface area contributed by atoms with E-state index in [-0.39, 0.29) is 23.4 Å². The summed E-state index contributed by atoms with van der Waals surface area (Å²) in [6, 6.07) is 5.07. The highest BCUT2D eigenvalue weighted by Crippen LogP contribution is 2.33. The van der Waals surface area contributed by atoms with Gasteiger partial charge in [0.15, 0.2) is 5.78 Å². The molecule has 1 aromatic rings. The molecule has 0 aromatic heterocycles. The number of allylic oxidation sites excluding steroid dienone is 2. The minimum Gasteiger partial charge on any atom is -0.512 e. The van der Waals surface area contributed by atoms with Crippen LogP contribution in [-0.4, -0.2) is 16.6 Å². The van der Waals surface area contributed by atoms with Gasteiger partial charge in [0.1, 0.15) is 0 Å². The van der Waals surface area contributed by atoms with Crippen LogP contribution >= 0.6 is 11.8 Å². The van der Waals surface area contributed by atoms with Gasteiger partial charge in [0.2, 0.25) is 0 Å². The summed E-state index contributed by atoms with van der Waals surface area (Å²) in [5.41, 5.74) is -0.655. The number of benzene rings is 1. The maximum atomic E-state index is 12.5. The highest BCUT2D eigenvalue weighted by molar-refractivity contribution is 7.99. The molecule has 22 heavy (non-hydrogen) atoms. The van der Waals surface area contributed by atoms with E-state index in [9.17, 15) is 23.1 Å². The Morgan fingerprint density at radius 3 is 2.45 bits per heavy atom. The van der Waals surface area contributed by atoms with Crippen LogP contribution in [0.1, 0.15) is 25.3 Å². The molecule has 0 radical (unpaired) electrons. The number of alkyl halides is 3. The zero-order valence-corrected chi connectivity index (χ0v) is 12.9. The number of aliphatic hydroxyl groups is 1. The summed E-state index contributed by atoms with van der Waals surface area (Å²) in [5.74, 6) is 1.01. The van der Waals surface area contributed by atoms with E-state index >= 15 is 0 Å². The lowest BCUT2D eigenvalue weighted by Crippen LogP contribution is -2.22. The van der Waals surface area contributed by atoms with Gasteiger partial charge >= 0.3 is 6.18 Å². The summed E-state index contributed by atoms with van der Waals surface area (Å²) in [7, 11) is 0. The van der Waals surface area contributed by atoms with Crippen molar-refractivity contribution in [1.29, 1.82) is 0 Å². The van der Waals surface area contributed by atoms with Crippen LogP contribution in [0.25, 0.3) is 0 Å². The van der Waals surface area contributed by atoms with Crippen molar-refractivity contribution in [2.45, 2.75) is 30.8 Å². The van der Waals surface area contributed by atoms with Crippen molar-refractivity contribution in [3.05, 3.63) is 41.7 Å². The van der Waals surface area contributed by atoms with Crippen LogP contribution in [0.2, 0.25) is 0 Å². The van der Waals surface area contributed by atoms with Crippen molar-refractivity contribution in [2.24, 2.45) is 11.8 Å². The number of thioether (sulfide) groups is 1. The van der Waals surface area contributed by atoms with Gasteiger partial charge in [-0.1, -0.05) is 6.92 Å². The largest absolute Gasteiger partial charge is 0.512 e. The first-order valence-electron chi connectivity index (χ1n) is 6.98. The lowest BCUT2D eigenvalue weighted by atomic mass is 9.84. The summed E-state index contributed by atoms with van der Waals surface area (Å²) in [6.07, 6.45) is -2.14. The molecule has 0 bridgehead atoms. The van der Waals surface area contributed by atoms with Gasteiger partial charge in [-0.3, -0.25) is 4.79 Å². The molecular formula is C16H17F3O2S. The van der Waals surface area contributed by atoms with E-state index in [2.05, 4.69) is 0 Å². The summed E-state index contributed by atoms with van der Waals surface area (Å²) in [6.45, 7) is 1.99. The van der Waals surface area contributed by atoms with Crippen LogP contribution in [0.15, 0.2) is 41.0 Å². The minimum atomic E-state index is -4.32. The molecule has 2 unspecified atom stereocenters. The lowest BCUT2D eigenvalue weighted by molar-refractivity contribution is -0.137. The second-order valence-electron chi connectivity index (χ2n) is 5.58. The van der Waals surface area contributed by atoms with E-state index in [1.807, 2.05) is 6.92 Å². The third kappa shape index (κ3) is 4.53. The molecule has 0 fully saturated rings. The van der Waals surface area contributed by atoms with E-state index in [1.54, 1.807) is 0 Å². The standard InChI is InChI=1S/C16H17F3O2S/c1-10(11-6-13(20)8-14(21)7-11)9-22-15-4-2-12(3-5-15)16(17,18)19/h2-5,8,10-11,20H,6-7,9H2,1H3. The number of carbonyl (C=O) groups is 1. The highest BCUT2D eigenvalue weighted by atomic mass is 32.2. The fourth-order valence-corrected chi connectivity index (χ4v) is 3.47. The molecule has 0 aliphatic heterocycles. The van der Waals surface area contributed by atoms with Gasteiger partial charge in [0.05, 0.1) is 11.3 Å². The SMILES string of the molecule is CC(CSc1ccc(C(F)(F)F)cc1)C1CC(=O)C=C(O)C1. The Morgan fingerprint density at radius 2 is 1.91 bits per heavy atom. The molecule has 6 heteroatoms. The number of hydrogen-bond donors (Lipinski definition) is 1. The molecule has 2 rings (SSSR count). The van der Waals surface area contributed by atoms with Gasteiger partial charge in [-0.25, -0.2) is 0 Å². The number of rotatable bonds is 4. The third-order valence-electron chi connectivity index (χ3n) is 3.76. The van der Waals surface area contributed by atoms with E-state index in [0.717, 1.165) is 17.0 Å². The first-order valence-corrected chi connectivity index (χ1v) is 7.96. The van der Waals surface area contributed by atoms with Crippen LogP contribution in [0.3, 0.4) is 0 Å². The van der Waals surface area contributed by atoms with Crippen LogP contribution < -0.4 is 0 Å². The van der Waals surface area contributed by atoms with E-state index < -0.39 is 11.7 Å². The van der Waals surface area contributed by atoms with Crippen LogP contribution in [0, 0.1) is 11.8 Å². The number of hydrogen-bond acceptors (Lipinski definition) is 3. The van der Waals surface area contributed by atoms with E-state index in [1.165, 1.54) is 30.0 Å². The lowest BCUT2D eigenvalue weighted by Gasteiger charge is -2.25. The normalized spacial score (nSPS) is 20.6. The average Bonchev–Trinajstić information content (AvgIpc) is 2.43. The molecule has 120 valence electrons. The molecule has 1 aromatic carbocycles. The van der Waals surface area contributed by atoms with Gasteiger partial charge < -0.3 is 5.11 Å². The fraction of sp³-hybridized carbons (Fsp3) is 0.438. The molecule has 0 heterocycles. The van der Waals surface area contributed by atoms with Crippen molar-refractivity contribution in [2.75, 3.05) is 5.75 Å². The van der Waals surface area contributed by atoms with Crippen molar-refractivity contribution >= 4 is 17.5 Å². The van der Waals surface area contributed by atoms with E-state index in [4.69, 9.17) is 0 Å². The Hall–Kier alpha value is -1.43. The Morgan fingerprint density at radius 1 is 1.27 bits per heavy atom. The number of aliphatic hydroxyl groups excluding tert-OH is 1. The Labute approximate surface area is 131 Å². The second kappa shape index (κ2) is 6.77. The smallest absolute Gasteiger partial charge is 0.416 e. The number of carbonyl (C=O) groups excluding carboxylic acids is 1. The quantitative estimate of drug-likeness (QED) is 0.802. The first-order chi connectivity index (χ1) is 10.3. The Balaban J connectivity index is 1.90. The molecule has 1 N–H and O–H groups in total. The molecule has 2 atom stereocenters. The highest BCUT2D eigenvalue weighted by Gasteiger charge is 2.30. The van der Waals surface area contributed by atoms with Crippen molar-refractivity contribution in [3.8, 4) is 0 Å². The summed E-state index contributed by atoms with van der Waals surface area (Å²) < 4.78 is 37.4. The molecule has 0 spiro atoms. The van der Waals surface area contributed by atoms with Crippen molar-refractivity contribution in [3.63, 3.8) is 0 Å². The van der Waals surface area contributed by atoms with Crippen LogP contribution in [-0.2, 0) is 11.0 Å². The molecule has 1 aliphatic rings. The zero-order valence-electron chi connectivity index (χ0n) is 12.1. The summed E-state index contributed by atoms with van der Waals surface area (Å²) >= 11 is 1.46. The summed E-state index contributed by atoms with van der Waals surface area (Å²) in [5, 5.41) is 9.52. The predicted molar refractivity (Wildman–Crippen MR) is 79.8 cm³/mol. The van der Waals surface area contributed by atoms with Crippen molar-refractivity contribution in [1.82, 2.24) is 0 Å². The fourth-order valence-electron chi connectivity index (χ4n) is 2.41. The van der Waals surface area contributed by atoms with Crippen molar-refractivity contribution < 1.29 is 23.1 Å². The minimum absolute atomic E-state index is 0.0693. The van der Waals surface area contributed by atoms with Gasteiger partial charge in [-0.05, 0) is 36.1 Å².